The van der Waals surface area contributed by atoms with Crippen LogP contribution in [0.15, 0.2) is 83.2 Å². The maximum absolute atomic E-state index is 6.39. The van der Waals surface area contributed by atoms with Crippen molar-refractivity contribution in [1.29, 1.82) is 0 Å². The van der Waals surface area contributed by atoms with Gasteiger partial charge in [-0.25, -0.2) is 15.0 Å². The number of hydrogen-bond acceptors (Lipinski definition) is 7. The first kappa shape index (κ1) is 27.9. The largest absolute Gasteiger partial charge is 0.361 e. The molecule has 6 rings (SSSR count). The van der Waals surface area contributed by atoms with Crippen molar-refractivity contribution in [2.75, 3.05) is 23.3 Å². The molecule has 4 aromatic rings. The van der Waals surface area contributed by atoms with Gasteiger partial charge in [0.25, 0.3) is 0 Å². The zero-order chi connectivity index (χ0) is 28.1. The van der Waals surface area contributed by atoms with Gasteiger partial charge in [0.15, 0.2) is 10.3 Å². The summed E-state index contributed by atoms with van der Waals surface area (Å²) in [6.45, 7) is 2.40. The normalized spacial score (nSPS) is 16.1. The van der Waals surface area contributed by atoms with Crippen molar-refractivity contribution in [1.82, 2.24) is 25.3 Å². The number of anilines is 2. The second kappa shape index (κ2) is 12.7. The molecule has 2 aliphatic rings. The molecule has 2 aromatic carbocycles. The van der Waals surface area contributed by atoms with Crippen molar-refractivity contribution >= 4 is 52.5 Å². The smallest absolute Gasteiger partial charge is 0.232 e. The zero-order valence-electron chi connectivity index (χ0n) is 22.7. The number of fused-ring (bicyclic) bond motifs is 1. The van der Waals surface area contributed by atoms with E-state index in [9.17, 15) is 0 Å². The number of benzene rings is 2. The molecule has 41 heavy (non-hydrogen) atoms. The SMILES string of the molecule is S=C(NCC1(c2cccc(Cl)c2)CCCCC1)Nc1nc(Sc2ncccn2)cc(N2CCc3ccccc3C2)n1. The third-order valence-corrected chi connectivity index (χ3v) is 9.24. The molecule has 0 saturated heterocycles. The first-order valence-electron chi connectivity index (χ1n) is 14.0. The standard InChI is InChI=1S/C31H32ClN7S2/c32-25-11-6-10-24(18-25)31(13-4-1-5-14-31)21-35-29(40)38-28-36-26(19-27(37-28)41-30-33-15-7-16-34-30)39-17-12-22-8-2-3-9-23(22)20-39/h2-3,6-11,15-16,18-19H,1,4-5,12-14,17,20-21H2,(H2,35,36,37,38,40). The Morgan fingerprint density at radius 2 is 1.76 bits per heavy atom. The quantitative estimate of drug-likeness (QED) is 0.135. The van der Waals surface area contributed by atoms with E-state index in [-0.39, 0.29) is 5.41 Å². The summed E-state index contributed by atoms with van der Waals surface area (Å²) in [5, 5.41) is 9.44. The van der Waals surface area contributed by atoms with E-state index in [0.717, 1.165) is 54.8 Å². The average molecular weight is 602 g/mol. The predicted molar refractivity (Wildman–Crippen MR) is 170 cm³/mol. The fourth-order valence-electron chi connectivity index (χ4n) is 5.82. The Bertz CT molecular complexity index is 1510. The van der Waals surface area contributed by atoms with E-state index in [0.29, 0.717) is 16.2 Å². The molecule has 0 atom stereocenters. The molecule has 3 heterocycles. The lowest BCUT2D eigenvalue weighted by atomic mass is 9.69. The summed E-state index contributed by atoms with van der Waals surface area (Å²) in [5.74, 6) is 1.30. The lowest BCUT2D eigenvalue weighted by molar-refractivity contribution is 0.292. The third kappa shape index (κ3) is 6.80. The lowest BCUT2D eigenvalue weighted by Gasteiger charge is -2.38. The fourth-order valence-corrected chi connectivity index (χ4v) is 6.88. The highest BCUT2D eigenvalue weighted by Crippen LogP contribution is 2.40. The highest BCUT2D eigenvalue weighted by molar-refractivity contribution is 7.99. The molecule has 7 nitrogen and oxygen atoms in total. The van der Waals surface area contributed by atoms with Gasteiger partial charge in [0.1, 0.15) is 10.8 Å². The number of thiocarbonyl (C=S) groups is 1. The third-order valence-electron chi connectivity index (χ3n) is 7.94. The van der Waals surface area contributed by atoms with Crippen molar-refractivity contribution in [2.45, 2.75) is 60.7 Å². The van der Waals surface area contributed by atoms with Gasteiger partial charge in [0.05, 0.1) is 0 Å². The molecular formula is C31H32ClN7S2. The van der Waals surface area contributed by atoms with E-state index in [4.69, 9.17) is 33.8 Å². The van der Waals surface area contributed by atoms with Crippen LogP contribution in [0, 0.1) is 0 Å². The molecule has 0 bridgehead atoms. The summed E-state index contributed by atoms with van der Waals surface area (Å²) >= 11 is 13.6. The first-order chi connectivity index (χ1) is 20.1. The number of nitrogens with one attached hydrogen (secondary N) is 2. The van der Waals surface area contributed by atoms with Gasteiger partial charge in [-0.2, -0.15) is 4.98 Å². The number of halogens is 1. The second-order valence-electron chi connectivity index (χ2n) is 10.6. The molecule has 1 aliphatic carbocycles. The molecule has 0 amide bonds. The molecule has 1 aliphatic heterocycles. The van der Waals surface area contributed by atoms with E-state index in [1.807, 2.05) is 18.2 Å². The fraction of sp³-hybridized carbons (Fsp3) is 0.323. The van der Waals surface area contributed by atoms with Crippen LogP contribution in [-0.2, 0) is 18.4 Å². The van der Waals surface area contributed by atoms with E-state index in [1.165, 1.54) is 47.7 Å². The van der Waals surface area contributed by atoms with E-state index < -0.39 is 0 Å². The van der Waals surface area contributed by atoms with Gasteiger partial charge in [-0.15, -0.1) is 0 Å². The summed E-state index contributed by atoms with van der Waals surface area (Å²) in [6, 6.07) is 20.7. The first-order valence-corrected chi connectivity index (χ1v) is 15.6. The van der Waals surface area contributed by atoms with Crippen LogP contribution in [-0.4, -0.2) is 38.1 Å². The van der Waals surface area contributed by atoms with Crippen molar-refractivity contribution in [2.24, 2.45) is 0 Å². The van der Waals surface area contributed by atoms with E-state index in [2.05, 4.69) is 61.9 Å². The van der Waals surface area contributed by atoms with Crippen LogP contribution < -0.4 is 15.5 Å². The molecule has 0 unspecified atom stereocenters. The zero-order valence-corrected chi connectivity index (χ0v) is 25.1. The molecular weight excluding hydrogens is 570 g/mol. The van der Waals surface area contributed by atoms with Gasteiger partial charge in [-0.1, -0.05) is 67.3 Å². The summed E-state index contributed by atoms with van der Waals surface area (Å²) in [5.41, 5.74) is 3.98. The maximum atomic E-state index is 6.39. The van der Waals surface area contributed by atoms with E-state index >= 15 is 0 Å². The Morgan fingerprint density at radius 1 is 0.951 bits per heavy atom. The van der Waals surface area contributed by atoms with Gasteiger partial charge in [0, 0.05) is 48.5 Å². The monoisotopic (exact) mass is 601 g/mol. The molecule has 0 radical (unpaired) electrons. The Balaban J connectivity index is 1.22. The Kier molecular flexibility index (Phi) is 8.64. The molecule has 210 valence electrons. The minimum absolute atomic E-state index is 0.00948. The molecule has 2 aromatic heterocycles. The van der Waals surface area contributed by atoms with Gasteiger partial charge < -0.3 is 15.5 Å². The summed E-state index contributed by atoms with van der Waals surface area (Å²) in [7, 11) is 0. The van der Waals surface area contributed by atoms with Gasteiger partial charge in [-0.3, -0.25) is 0 Å². The topological polar surface area (TPSA) is 78.9 Å². The predicted octanol–water partition coefficient (Wildman–Crippen LogP) is 6.82. The van der Waals surface area contributed by atoms with Crippen LogP contribution >= 0.6 is 35.6 Å². The van der Waals surface area contributed by atoms with Crippen molar-refractivity contribution in [3.05, 3.63) is 94.8 Å². The second-order valence-corrected chi connectivity index (χ2v) is 12.5. The molecule has 0 spiro atoms. The molecule has 10 heteroatoms. The number of rotatable bonds is 7. The Hall–Kier alpha value is -3.27. The van der Waals surface area contributed by atoms with Gasteiger partial charge >= 0.3 is 0 Å². The molecule has 2 N–H and O–H groups in total. The average Bonchev–Trinajstić information content (AvgIpc) is 3.01. The minimum Gasteiger partial charge on any atom is -0.361 e. The number of aromatic nitrogens is 4. The minimum atomic E-state index is -0.00948. The highest BCUT2D eigenvalue weighted by atomic mass is 35.5. The van der Waals surface area contributed by atoms with Crippen LogP contribution in [0.2, 0.25) is 5.02 Å². The van der Waals surface area contributed by atoms with Gasteiger partial charge in [0.2, 0.25) is 5.95 Å². The molecule has 1 saturated carbocycles. The van der Waals surface area contributed by atoms with Crippen molar-refractivity contribution in [3.8, 4) is 0 Å². The highest BCUT2D eigenvalue weighted by Gasteiger charge is 2.34. The van der Waals surface area contributed by atoms with E-state index in [1.54, 1.807) is 18.5 Å². The van der Waals surface area contributed by atoms with Crippen LogP contribution in [0.25, 0.3) is 0 Å². The van der Waals surface area contributed by atoms with Crippen LogP contribution in [0.1, 0.15) is 48.8 Å². The Labute approximate surface area is 255 Å². The van der Waals surface area contributed by atoms with Crippen LogP contribution in [0.3, 0.4) is 0 Å². The van der Waals surface area contributed by atoms with Crippen LogP contribution in [0.5, 0.6) is 0 Å². The van der Waals surface area contributed by atoms with Gasteiger partial charge in [-0.05, 0) is 78.1 Å². The number of hydrogen-bond donors (Lipinski definition) is 2. The summed E-state index contributed by atoms with van der Waals surface area (Å²) in [6.07, 6.45) is 10.3. The summed E-state index contributed by atoms with van der Waals surface area (Å²) in [4.78, 5) is 20.7. The maximum Gasteiger partial charge on any atom is 0.232 e. The van der Waals surface area contributed by atoms with Crippen molar-refractivity contribution < 1.29 is 0 Å². The molecule has 1 fully saturated rings. The van der Waals surface area contributed by atoms with Crippen molar-refractivity contribution in [3.63, 3.8) is 0 Å². The lowest BCUT2D eigenvalue weighted by Crippen LogP contribution is -2.43. The Morgan fingerprint density at radius 3 is 2.56 bits per heavy atom. The number of nitrogens with zero attached hydrogens (tertiary/aromatic N) is 5. The summed E-state index contributed by atoms with van der Waals surface area (Å²) < 4.78 is 0. The van der Waals surface area contributed by atoms with Crippen LogP contribution in [0.4, 0.5) is 11.8 Å².